The predicted molar refractivity (Wildman–Crippen MR) is 80.0 cm³/mol. The molecule has 0 fully saturated rings. The summed E-state index contributed by atoms with van der Waals surface area (Å²) in [4.78, 5) is -1.26. The van der Waals surface area contributed by atoms with Crippen molar-refractivity contribution in [2.45, 2.75) is 15.3 Å². The smallest absolute Gasteiger partial charge is 0.235 e. The van der Waals surface area contributed by atoms with Gasteiger partial charge in [0.05, 0.1) is 9.79 Å². The summed E-state index contributed by atoms with van der Waals surface area (Å²) >= 11 is 5.58. The van der Waals surface area contributed by atoms with Crippen LogP contribution in [-0.2, 0) is 19.8 Å². The highest BCUT2D eigenvalue weighted by atomic mass is 35.5. The van der Waals surface area contributed by atoms with E-state index >= 15 is 0 Å². The third-order valence-electron chi connectivity index (χ3n) is 2.69. The molecular weight excluding hydrogens is 375 g/mol. The van der Waals surface area contributed by atoms with Crippen LogP contribution in [0.15, 0.2) is 68.2 Å². The fourth-order valence-corrected chi connectivity index (χ4v) is 5.14. The molecule has 4 nitrogen and oxygen atoms in total. The number of sulfonamides is 1. The molecule has 0 aliphatic heterocycles. The van der Waals surface area contributed by atoms with Crippen LogP contribution in [-0.4, -0.2) is 18.1 Å². The quantitative estimate of drug-likeness (QED) is 0.802. The molecule has 0 radical (unpaired) electrons. The van der Waals surface area contributed by atoms with Crippen molar-refractivity contribution in [2.24, 2.45) is 3.77 Å². The van der Waals surface area contributed by atoms with Gasteiger partial charge in [-0.05, 0) is 36.4 Å². The Morgan fingerprint density at radius 1 is 0.826 bits per heavy atom. The third-order valence-corrected chi connectivity index (χ3v) is 6.97. The predicted octanol–water partition coefficient (Wildman–Crippen LogP) is 4.08. The molecule has 0 heterocycles. The van der Waals surface area contributed by atoms with E-state index in [1.165, 1.54) is 18.2 Å². The van der Waals surface area contributed by atoms with Gasteiger partial charge in [-0.25, -0.2) is 4.21 Å². The number of hydrogen-bond acceptors (Lipinski definition) is 3. The molecule has 0 aliphatic rings. The molecule has 10 heteroatoms. The van der Waals surface area contributed by atoms with Gasteiger partial charge in [-0.15, -0.1) is 0 Å². The molecule has 0 spiro atoms. The number of hydrogen-bond donors (Lipinski definition) is 0. The Hall–Kier alpha value is -1.58. The molecule has 0 aromatic heterocycles. The summed E-state index contributed by atoms with van der Waals surface area (Å²) in [5.74, 6) is 0. The van der Waals surface area contributed by atoms with E-state index in [2.05, 4.69) is 3.77 Å². The van der Waals surface area contributed by atoms with Crippen molar-refractivity contribution >= 4 is 31.4 Å². The van der Waals surface area contributed by atoms with Crippen molar-refractivity contribution in [3.05, 3.63) is 59.6 Å². The van der Waals surface area contributed by atoms with Gasteiger partial charge in [0, 0.05) is 5.02 Å². The van der Waals surface area contributed by atoms with Crippen molar-refractivity contribution in [1.29, 1.82) is 0 Å². The molecule has 1 unspecified atom stereocenters. The fraction of sp³-hybridized carbons (Fsp3) is 0.0769. The van der Waals surface area contributed by atoms with Gasteiger partial charge in [-0.2, -0.15) is 21.6 Å². The van der Waals surface area contributed by atoms with Gasteiger partial charge in [0.15, 0.2) is 9.73 Å². The Morgan fingerprint density at radius 2 is 1.35 bits per heavy atom. The van der Waals surface area contributed by atoms with Crippen molar-refractivity contribution < 1.29 is 25.8 Å². The minimum absolute atomic E-state index is 0.114. The van der Waals surface area contributed by atoms with Gasteiger partial charge < -0.3 is 0 Å². The van der Waals surface area contributed by atoms with E-state index in [1.807, 2.05) is 0 Å². The molecule has 0 bridgehead atoms. The number of nitrogens with zero attached hydrogens (tertiary/aromatic N) is 1. The van der Waals surface area contributed by atoms with E-state index in [1.54, 1.807) is 0 Å². The van der Waals surface area contributed by atoms with Gasteiger partial charge >= 0.3 is 5.51 Å². The zero-order valence-electron chi connectivity index (χ0n) is 11.2. The SMILES string of the molecule is O=S(=O)(N=S(=O)(c1ccc(Cl)cc1)C(F)(F)F)c1ccccc1. The molecule has 0 saturated heterocycles. The van der Waals surface area contributed by atoms with E-state index in [9.17, 15) is 25.8 Å². The van der Waals surface area contributed by atoms with Crippen LogP contribution in [0.4, 0.5) is 13.2 Å². The van der Waals surface area contributed by atoms with Crippen molar-refractivity contribution in [3.8, 4) is 0 Å². The number of rotatable bonds is 3. The van der Waals surface area contributed by atoms with Crippen molar-refractivity contribution in [1.82, 2.24) is 0 Å². The Bertz CT molecular complexity index is 917. The lowest BCUT2D eigenvalue weighted by Gasteiger charge is -2.13. The van der Waals surface area contributed by atoms with E-state index < -0.39 is 35.1 Å². The van der Waals surface area contributed by atoms with Gasteiger partial charge in [0.25, 0.3) is 10.0 Å². The Morgan fingerprint density at radius 3 is 1.83 bits per heavy atom. The summed E-state index contributed by atoms with van der Waals surface area (Å²) in [5, 5.41) is 0.114. The van der Waals surface area contributed by atoms with Crippen molar-refractivity contribution in [3.63, 3.8) is 0 Å². The van der Waals surface area contributed by atoms with E-state index in [0.717, 1.165) is 36.4 Å². The lowest BCUT2D eigenvalue weighted by Crippen LogP contribution is -2.24. The topological polar surface area (TPSA) is 63.6 Å². The number of benzene rings is 2. The normalized spacial score (nSPS) is 15.0. The summed E-state index contributed by atoms with van der Waals surface area (Å²) in [6.45, 7) is 0. The van der Waals surface area contributed by atoms with Gasteiger partial charge in [0.2, 0.25) is 0 Å². The van der Waals surface area contributed by atoms with Crippen LogP contribution in [0.25, 0.3) is 0 Å². The van der Waals surface area contributed by atoms with Crippen LogP contribution in [0.5, 0.6) is 0 Å². The molecular formula is C13H9ClF3NO3S2. The van der Waals surface area contributed by atoms with Gasteiger partial charge in [-0.3, -0.25) is 0 Å². The molecule has 2 rings (SSSR count). The van der Waals surface area contributed by atoms with Crippen LogP contribution >= 0.6 is 11.6 Å². The molecule has 1 atom stereocenters. The van der Waals surface area contributed by atoms with E-state index in [4.69, 9.17) is 11.6 Å². The first kappa shape index (κ1) is 17.8. The second-order valence-electron chi connectivity index (χ2n) is 4.29. The Balaban J connectivity index is 2.74. The monoisotopic (exact) mass is 383 g/mol. The molecule has 0 N–H and O–H groups in total. The van der Waals surface area contributed by atoms with Crippen LogP contribution in [0.2, 0.25) is 5.02 Å². The van der Waals surface area contributed by atoms with Crippen LogP contribution < -0.4 is 0 Å². The molecule has 0 saturated carbocycles. The average Bonchev–Trinajstić information content (AvgIpc) is 2.47. The third kappa shape index (κ3) is 3.67. The minimum Gasteiger partial charge on any atom is -0.235 e. The highest BCUT2D eigenvalue weighted by Gasteiger charge is 2.46. The number of alkyl halides is 3. The summed E-state index contributed by atoms with van der Waals surface area (Å²) in [6.07, 6.45) is 0. The maximum atomic E-state index is 13.3. The second kappa shape index (κ2) is 6.14. The van der Waals surface area contributed by atoms with Crippen LogP contribution in [0.3, 0.4) is 0 Å². The van der Waals surface area contributed by atoms with Crippen LogP contribution in [0, 0.1) is 0 Å². The van der Waals surface area contributed by atoms with E-state index in [0.29, 0.717) is 0 Å². The standard InChI is InChI=1S/C13H9ClF3NO3S2/c14-10-6-8-11(9-7-10)22(19,13(15,16)17)18-23(20,21)12-4-2-1-3-5-12/h1-9H. The van der Waals surface area contributed by atoms with Crippen molar-refractivity contribution in [2.75, 3.05) is 0 Å². The Kier molecular flexibility index (Phi) is 4.74. The molecule has 0 amide bonds. The summed E-state index contributed by atoms with van der Waals surface area (Å²) in [6, 6.07) is 10.1. The average molecular weight is 384 g/mol. The maximum absolute atomic E-state index is 13.3. The minimum atomic E-state index is -5.37. The first-order valence-corrected chi connectivity index (χ1v) is 9.30. The summed E-state index contributed by atoms with van der Waals surface area (Å²) in [5.41, 5.74) is -5.37. The number of halogens is 4. The first-order valence-electron chi connectivity index (χ1n) is 5.97. The Labute approximate surface area is 136 Å². The lowest BCUT2D eigenvalue weighted by molar-refractivity contribution is -0.0401. The first-order chi connectivity index (χ1) is 10.6. The van der Waals surface area contributed by atoms with E-state index in [-0.39, 0.29) is 5.02 Å². The van der Waals surface area contributed by atoms with Gasteiger partial charge in [0.1, 0.15) is 0 Å². The maximum Gasteiger partial charge on any atom is 0.484 e. The highest BCUT2D eigenvalue weighted by molar-refractivity contribution is 8.03. The molecule has 2 aromatic rings. The zero-order chi connectivity index (χ0) is 17.3. The lowest BCUT2D eigenvalue weighted by atomic mass is 10.4. The van der Waals surface area contributed by atoms with Gasteiger partial charge in [-0.1, -0.05) is 33.6 Å². The zero-order valence-corrected chi connectivity index (χ0v) is 13.6. The second-order valence-corrected chi connectivity index (χ2v) is 8.73. The molecule has 0 aliphatic carbocycles. The molecule has 23 heavy (non-hydrogen) atoms. The largest absolute Gasteiger partial charge is 0.484 e. The summed E-state index contributed by atoms with van der Waals surface area (Å²) < 4.78 is 79.0. The fourth-order valence-electron chi connectivity index (χ4n) is 1.61. The van der Waals surface area contributed by atoms with Crippen LogP contribution in [0.1, 0.15) is 0 Å². The molecule has 2 aromatic carbocycles. The summed E-state index contributed by atoms with van der Waals surface area (Å²) in [7, 11) is -9.99. The highest BCUT2D eigenvalue weighted by Crippen LogP contribution is 2.35. The molecule has 124 valence electrons.